The van der Waals surface area contributed by atoms with E-state index in [9.17, 15) is 0 Å². The standard InChI is InChI=1S/C7H10N4O2/c8-5-3(1-2-12)4-6(10-5)11-7(9)13-4/h10,12H,1-2,8H2,(H2,9,11). The van der Waals surface area contributed by atoms with Crippen LogP contribution in [0.4, 0.5) is 11.8 Å². The van der Waals surface area contributed by atoms with E-state index in [0.717, 1.165) is 5.56 Å². The number of aliphatic hydroxyl groups is 1. The smallest absolute Gasteiger partial charge is 0.294 e. The van der Waals surface area contributed by atoms with Crippen LogP contribution in [0.3, 0.4) is 0 Å². The number of H-pyrrole nitrogens is 1. The van der Waals surface area contributed by atoms with Gasteiger partial charge in [0.15, 0.2) is 11.2 Å². The second kappa shape index (κ2) is 2.67. The molecule has 0 aliphatic heterocycles. The highest BCUT2D eigenvalue weighted by atomic mass is 16.4. The van der Waals surface area contributed by atoms with Gasteiger partial charge in [-0.15, -0.1) is 0 Å². The number of aliphatic hydroxyl groups excluding tert-OH is 1. The SMILES string of the molecule is Nc1nc2[nH]c(N)c(CCO)c2o1. The first-order valence-electron chi connectivity index (χ1n) is 3.85. The van der Waals surface area contributed by atoms with Gasteiger partial charge >= 0.3 is 0 Å². The van der Waals surface area contributed by atoms with Crippen LogP contribution in [0.1, 0.15) is 5.56 Å². The molecule has 0 spiro atoms. The van der Waals surface area contributed by atoms with E-state index >= 15 is 0 Å². The van der Waals surface area contributed by atoms with E-state index in [1.807, 2.05) is 0 Å². The molecular formula is C7H10N4O2. The molecule has 2 aromatic heterocycles. The Kier molecular flexibility index (Phi) is 1.63. The molecule has 0 bridgehead atoms. The highest BCUT2D eigenvalue weighted by Crippen LogP contribution is 2.25. The molecule has 0 aliphatic carbocycles. The van der Waals surface area contributed by atoms with Crippen molar-refractivity contribution in [2.24, 2.45) is 0 Å². The molecule has 6 N–H and O–H groups in total. The van der Waals surface area contributed by atoms with E-state index in [2.05, 4.69) is 9.97 Å². The van der Waals surface area contributed by atoms with Crippen LogP contribution in [0.5, 0.6) is 0 Å². The predicted molar refractivity (Wildman–Crippen MR) is 48.0 cm³/mol. The Bertz CT molecular complexity index is 431. The Hall–Kier alpha value is -1.69. The number of nitrogens with zero attached hydrogens (tertiary/aromatic N) is 1. The molecule has 70 valence electrons. The fourth-order valence-corrected chi connectivity index (χ4v) is 1.31. The lowest BCUT2D eigenvalue weighted by Crippen LogP contribution is -1.95. The van der Waals surface area contributed by atoms with Gasteiger partial charge in [-0.25, -0.2) is 0 Å². The zero-order valence-corrected chi connectivity index (χ0v) is 6.87. The topological polar surface area (TPSA) is 114 Å². The molecule has 0 saturated heterocycles. The Morgan fingerprint density at radius 3 is 2.92 bits per heavy atom. The van der Waals surface area contributed by atoms with Crippen molar-refractivity contribution in [2.75, 3.05) is 18.1 Å². The summed E-state index contributed by atoms with van der Waals surface area (Å²) in [6.45, 7) is 0.0117. The molecule has 6 heteroatoms. The van der Waals surface area contributed by atoms with Gasteiger partial charge in [0.2, 0.25) is 0 Å². The fourth-order valence-electron chi connectivity index (χ4n) is 1.31. The Balaban J connectivity index is 2.61. The zero-order valence-electron chi connectivity index (χ0n) is 6.87. The van der Waals surface area contributed by atoms with Gasteiger partial charge in [0.25, 0.3) is 6.01 Å². The van der Waals surface area contributed by atoms with E-state index in [-0.39, 0.29) is 12.6 Å². The number of oxazole rings is 1. The van der Waals surface area contributed by atoms with E-state index in [1.54, 1.807) is 0 Å². The van der Waals surface area contributed by atoms with Crippen LogP contribution in [-0.2, 0) is 6.42 Å². The molecular weight excluding hydrogens is 172 g/mol. The molecule has 0 unspecified atom stereocenters. The third-order valence-corrected chi connectivity index (χ3v) is 1.86. The van der Waals surface area contributed by atoms with Crippen LogP contribution in [0.25, 0.3) is 11.2 Å². The largest absolute Gasteiger partial charge is 0.422 e. The maximum Gasteiger partial charge on any atom is 0.294 e. The van der Waals surface area contributed by atoms with E-state index in [0.29, 0.717) is 23.5 Å². The lowest BCUT2D eigenvalue weighted by Gasteiger charge is -1.94. The van der Waals surface area contributed by atoms with Crippen LogP contribution in [0.2, 0.25) is 0 Å². The lowest BCUT2D eigenvalue weighted by molar-refractivity contribution is 0.300. The first-order valence-corrected chi connectivity index (χ1v) is 3.85. The monoisotopic (exact) mass is 182 g/mol. The lowest BCUT2D eigenvalue weighted by atomic mass is 10.2. The molecule has 0 atom stereocenters. The number of rotatable bonds is 2. The fraction of sp³-hybridized carbons (Fsp3) is 0.286. The molecule has 2 aromatic rings. The summed E-state index contributed by atoms with van der Waals surface area (Å²) >= 11 is 0. The molecule has 0 amide bonds. The molecule has 6 nitrogen and oxygen atoms in total. The summed E-state index contributed by atoms with van der Waals surface area (Å²) in [4.78, 5) is 6.69. The number of nitrogen functional groups attached to an aromatic ring is 2. The van der Waals surface area contributed by atoms with Gasteiger partial charge in [0.1, 0.15) is 5.82 Å². The van der Waals surface area contributed by atoms with Crippen molar-refractivity contribution in [3.05, 3.63) is 5.56 Å². The summed E-state index contributed by atoms with van der Waals surface area (Å²) in [5, 5.41) is 8.77. The quantitative estimate of drug-likeness (QED) is 0.516. The molecule has 0 fully saturated rings. The van der Waals surface area contributed by atoms with Gasteiger partial charge in [-0.1, -0.05) is 0 Å². The van der Waals surface area contributed by atoms with E-state index < -0.39 is 0 Å². The molecule has 0 aromatic carbocycles. The van der Waals surface area contributed by atoms with Crippen LogP contribution >= 0.6 is 0 Å². The summed E-state index contributed by atoms with van der Waals surface area (Å²) in [6.07, 6.45) is 0.431. The number of aromatic nitrogens is 2. The summed E-state index contributed by atoms with van der Waals surface area (Å²) in [7, 11) is 0. The van der Waals surface area contributed by atoms with Crippen LogP contribution in [0, 0.1) is 0 Å². The summed E-state index contributed by atoms with van der Waals surface area (Å²) < 4.78 is 5.12. The number of aromatic amines is 1. The minimum Gasteiger partial charge on any atom is -0.422 e. The number of fused-ring (bicyclic) bond motifs is 1. The Labute approximate surface area is 73.5 Å². The summed E-state index contributed by atoms with van der Waals surface area (Å²) in [5.74, 6) is 0.468. The molecule has 0 aliphatic rings. The number of anilines is 2. The van der Waals surface area contributed by atoms with Gasteiger partial charge in [-0.2, -0.15) is 4.98 Å². The number of hydrogen-bond donors (Lipinski definition) is 4. The van der Waals surface area contributed by atoms with Crippen molar-refractivity contribution >= 4 is 23.1 Å². The molecule has 13 heavy (non-hydrogen) atoms. The molecule has 0 radical (unpaired) electrons. The van der Waals surface area contributed by atoms with Crippen molar-refractivity contribution in [1.82, 2.24) is 9.97 Å². The van der Waals surface area contributed by atoms with Gasteiger partial charge in [-0.05, 0) is 0 Å². The number of nitrogens with one attached hydrogen (secondary N) is 1. The maximum absolute atomic E-state index is 8.77. The van der Waals surface area contributed by atoms with E-state index in [4.69, 9.17) is 21.0 Å². The summed E-state index contributed by atoms with van der Waals surface area (Å²) in [5.41, 5.74) is 12.8. The van der Waals surface area contributed by atoms with E-state index in [1.165, 1.54) is 0 Å². The molecule has 0 saturated carbocycles. The minimum absolute atomic E-state index is 0.0117. The van der Waals surface area contributed by atoms with Crippen LogP contribution in [0.15, 0.2) is 4.42 Å². The van der Waals surface area contributed by atoms with Crippen molar-refractivity contribution in [2.45, 2.75) is 6.42 Å². The zero-order chi connectivity index (χ0) is 9.42. The minimum atomic E-state index is 0.0117. The average Bonchev–Trinajstić information content (AvgIpc) is 2.52. The number of nitrogens with two attached hydrogens (primary N) is 2. The first kappa shape index (κ1) is 7.93. The van der Waals surface area contributed by atoms with Gasteiger partial charge in [-0.3, -0.25) is 0 Å². The van der Waals surface area contributed by atoms with Gasteiger partial charge in [0, 0.05) is 18.6 Å². The highest BCUT2D eigenvalue weighted by Gasteiger charge is 2.14. The first-order chi connectivity index (χ1) is 6.22. The average molecular weight is 182 g/mol. The maximum atomic E-state index is 8.77. The second-order valence-electron chi connectivity index (χ2n) is 2.72. The van der Waals surface area contributed by atoms with Gasteiger partial charge < -0.3 is 26.0 Å². The van der Waals surface area contributed by atoms with Crippen molar-refractivity contribution in [1.29, 1.82) is 0 Å². The number of hydrogen-bond acceptors (Lipinski definition) is 5. The Morgan fingerprint density at radius 2 is 2.23 bits per heavy atom. The van der Waals surface area contributed by atoms with Crippen LogP contribution < -0.4 is 11.5 Å². The highest BCUT2D eigenvalue weighted by molar-refractivity contribution is 5.81. The van der Waals surface area contributed by atoms with Crippen molar-refractivity contribution in [3.8, 4) is 0 Å². The van der Waals surface area contributed by atoms with Crippen molar-refractivity contribution in [3.63, 3.8) is 0 Å². The normalized spacial score (nSPS) is 11.2. The van der Waals surface area contributed by atoms with Crippen LogP contribution in [-0.4, -0.2) is 21.7 Å². The third kappa shape index (κ3) is 1.11. The molecule has 2 rings (SSSR count). The predicted octanol–water partition coefficient (Wildman–Crippen LogP) is -0.145. The van der Waals surface area contributed by atoms with Crippen molar-refractivity contribution < 1.29 is 9.52 Å². The molecule has 2 heterocycles. The second-order valence-corrected chi connectivity index (χ2v) is 2.72. The van der Waals surface area contributed by atoms with Gasteiger partial charge in [0.05, 0.1) is 0 Å². The third-order valence-electron chi connectivity index (χ3n) is 1.86. The Morgan fingerprint density at radius 1 is 1.46 bits per heavy atom. The summed E-state index contributed by atoms with van der Waals surface area (Å²) in [6, 6.07) is 0.0976.